The molecular weight excluding hydrogens is 316 g/mol. The zero-order chi connectivity index (χ0) is 18.0. The Morgan fingerprint density at radius 3 is 2.28 bits per heavy atom. The Hall–Kier alpha value is -3.08. The molecule has 5 nitrogen and oxygen atoms in total. The fourth-order valence-electron chi connectivity index (χ4n) is 2.74. The smallest absolute Gasteiger partial charge is 0.280 e. The van der Waals surface area contributed by atoms with Gasteiger partial charge in [0.05, 0.1) is 31.2 Å². The van der Waals surface area contributed by atoms with Gasteiger partial charge in [0.2, 0.25) is 0 Å². The summed E-state index contributed by atoms with van der Waals surface area (Å²) in [6.07, 6.45) is 1.85. The number of ether oxygens (including phenoxy) is 2. The summed E-state index contributed by atoms with van der Waals surface area (Å²) >= 11 is 0. The molecule has 0 saturated heterocycles. The lowest BCUT2D eigenvalue weighted by Crippen LogP contribution is -2.21. The van der Waals surface area contributed by atoms with Crippen molar-refractivity contribution in [2.45, 2.75) is 13.8 Å². The molecule has 1 aliphatic rings. The number of aryl methyl sites for hydroxylation is 1. The zero-order valence-corrected chi connectivity index (χ0v) is 14.7. The molecule has 0 radical (unpaired) electrons. The van der Waals surface area contributed by atoms with Crippen molar-refractivity contribution in [1.82, 2.24) is 0 Å². The van der Waals surface area contributed by atoms with E-state index in [1.165, 1.54) is 5.01 Å². The van der Waals surface area contributed by atoms with Gasteiger partial charge in [-0.25, -0.2) is 0 Å². The van der Waals surface area contributed by atoms with E-state index in [1.54, 1.807) is 14.2 Å². The van der Waals surface area contributed by atoms with Crippen molar-refractivity contribution in [2.75, 3.05) is 19.2 Å². The summed E-state index contributed by atoms with van der Waals surface area (Å²) in [7, 11) is 3.19. The number of anilines is 1. The molecule has 0 aliphatic carbocycles. The van der Waals surface area contributed by atoms with Crippen molar-refractivity contribution in [3.05, 3.63) is 59.2 Å². The molecule has 0 atom stereocenters. The first-order valence-electron chi connectivity index (χ1n) is 7.94. The van der Waals surface area contributed by atoms with E-state index in [0.717, 1.165) is 16.8 Å². The monoisotopic (exact) mass is 336 g/mol. The van der Waals surface area contributed by atoms with Gasteiger partial charge in [-0.1, -0.05) is 18.2 Å². The van der Waals surface area contributed by atoms with Crippen LogP contribution in [0, 0.1) is 6.92 Å². The molecule has 2 aromatic carbocycles. The standard InChI is InChI=1S/C20H20N2O3/c1-13-10-18(24-3)19(25-4)12-15(13)11-17-14(2)21-22(20(17)23)16-8-6-5-7-9-16/h5-12H,1-4H3. The third kappa shape index (κ3) is 3.13. The second-order valence-electron chi connectivity index (χ2n) is 5.76. The number of nitrogens with zero attached hydrogens (tertiary/aromatic N) is 2. The van der Waals surface area contributed by atoms with E-state index in [9.17, 15) is 4.79 Å². The van der Waals surface area contributed by atoms with E-state index in [4.69, 9.17) is 9.47 Å². The maximum atomic E-state index is 12.8. The van der Waals surface area contributed by atoms with Gasteiger partial charge in [-0.05, 0) is 55.3 Å². The highest BCUT2D eigenvalue weighted by atomic mass is 16.5. The largest absolute Gasteiger partial charge is 0.493 e. The average Bonchev–Trinajstić information content (AvgIpc) is 2.91. The summed E-state index contributed by atoms with van der Waals surface area (Å²) in [6, 6.07) is 13.2. The second kappa shape index (κ2) is 6.81. The van der Waals surface area contributed by atoms with E-state index in [-0.39, 0.29) is 5.91 Å². The van der Waals surface area contributed by atoms with Gasteiger partial charge in [0.15, 0.2) is 11.5 Å². The van der Waals surface area contributed by atoms with Gasteiger partial charge in [-0.3, -0.25) is 4.79 Å². The lowest BCUT2D eigenvalue weighted by Gasteiger charge is -2.12. The fourth-order valence-corrected chi connectivity index (χ4v) is 2.74. The van der Waals surface area contributed by atoms with Gasteiger partial charge in [-0.2, -0.15) is 10.1 Å². The summed E-state index contributed by atoms with van der Waals surface area (Å²) < 4.78 is 10.7. The lowest BCUT2D eigenvalue weighted by atomic mass is 10.0. The molecule has 0 bridgehead atoms. The predicted octanol–water partition coefficient (Wildman–Crippen LogP) is 3.82. The van der Waals surface area contributed by atoms with Crippen LogP contribution in [0.3, 0.4) is 0 Å². The summed E-state index contributed by atoms with van der Waals surface area (Å²) in [5.74, 6) is 1.15. The van der Waals surface area contributed by atoms with Crippen LogP contribution in [0.5, 0.6) is 11.5 Å². The Bertz CT molecular complexity index is 870. The number of carbonyl (C=O) groups excluding carboxylic acids is 1. The maximum Gasteiger partial charge on any atom is 0.280 e. The first kappa shape index (κ1) is 16.8. The van der Waals surface area contributed by atoms with Gasteiger partial charge >= 0.3 is 0 Å². The molecule has 0 N–H and O–H groups in total. The summed E-state index contributed by atoms with van der Waals surface area (Å²) in [5.41, 5.74) is 3.89. The number of hydrogen-bond donors (Lipinski definition) is 0. The van der Waals surface area contributed by atoms with Crippen LogP contribution in [0.1, 0.15) is 18.1 Å². The number of amides is 1. The molecule has 0 saturated carbocycles. The first-order chi connectivity index (χ1) is 12.0. The van der Waals surface area contributed by atoms with Crippen LogP contribution in [-0.2, 0) is 4.79 Å². The van der Waals surface area contributed by atoms with Crippen molar-refractivity contribution in [3.8, 4) is 11.5 Å². The minimum absolute atomic E-state index is 0.141. The van der Waals surface area contributed by atoms with Gasteiger partial charge in [0.1, 0.15) is 0 Å². The van der Waals surface area contributed by atoms with Crippen LogP contribution < -0.4 is 14.5 Å². The molecule has 1 heterocycles. The molecular formula is C20H20N2O3. The number of benzene rings is 2. The Morgan fingerprint density at radius 2 is 1.64 bits per heavy atom. The summed E-state index contributed by atoms with van der Waals surface area (Å²) in [4.78, 5) is 12.8. The van der Waals surface area contributed by atoms with Crippen LogP contribution in [0.4, 0.5) is 5.69 Å². The van der Waals surface area contributed by atoms with Crippen molar-refractivity contribution in [2.24, 2.45) is 5.10 Å². The van der Waals surface area contributed by atoms with Gasteiger partial charge in [0.25, 0.3) is 5.91 Å². The molecule has 5 heteroatoms. The average molecular weight is 336 g/mol. The number of para-hydroxylation sites is 1. The number of hydrogen-bond acceptors (Lipinski definition) is 4. The Balaban J connectivity index is 2.00. The molecule has 128 valence electrons. The van der Waals surface area contributed by atoms with Gasteiger partial charge < -0.3 is 9.47 Å². The van der Waals surface area contributed by atoms with E-state index >= 15 is 0 Å². The second-order valence-corrected chi connectivity index (χ2v) is 5.76. The van der Waals surface area contributed by atoms with Crippen LogP contribution in [0.2, 0.25) is 0 Å². The minimum Gasteiger partial charge on any atom is -0.493 e. The van der Waals surface area contributed by atoms with Gasteiger partial charge in [-0.15, -0.1) is 0 Å². The SMILES string of the molecule is COc1cc(C)c(C=C2C(=O)N(c3ccccc3)N=C2C)cc1OC. The Morgan fingerprint density at radius 1 is 1.00 bits per heavy atom. The molecule has 0 unspecified atom stereocenters. The van der Waals surface area contributed by atoms with Crippen LogP contribution in [0.15, 0.2) is 53.1 Å². The number of methoxy groups -OCH3 is 2. The van der Waals surface area contributed by atoms with Crippen molar-refractivity contribution >= 4 is 23.4 Å². The quantitative estimate of drug-likeness (QED) is 0.798. The Labute approximate surface area is 147 Å². The molecule has 1 aliphatic heterocycles. The van der Waals surface area contributed by atoms with E-state index in [2.05, 4.69) is 5.10 Å². The first-order valence-corrected chi connectivity index (χ1v) is 7.94. The molecule has 0 fully saturated rings. The molecule has 0 spiro atoms. The number of hydrazone groups is 1. The van der Waals surface area contributed by atoms with Crippen LogP contribution in [0.25, 0.3) is 6.08 Å². The topological polar surface area (TPSA) is 51.1 Å². The highest BCUT2D eigenvalue weighted by Gasteiger charge is 2.28. The maximum absolute atomic E-state index is 12.8. The van der Waals surface area contributed by atoms with Gasteiger partial charge in [0, 0.05) is 0 Å². The van der Waals surface area contributed by atoms with Crippen LogP contribution >= 0.6 is 0 Å². The normalized spacial score (nSPS) is 15.5. The number of carbonyl (C=O) groups is 1. The van der Waals surface area contributed by atoms with E-state index < -0.39 is 0 Å². The zero-order valence-electron chi connectivity index (χ0n) is 14.7. The molecule has 2 aromatic rings. The molecule has 3 rings (SSSR count). The third-order valence-electron chi connectivity index (χ3n) is 4.14. The predicted molar refractivity (Wildman–Crippen MR) is 99.3 cm³/mol. The summed E-state index contributed by atoms with van der Waals surface area (Å²) in [5, 5.41) is 5.83. The van der Waals surface area contributed by atoms with E-state index in [1.807, 2.05) is 62.4 Å². The van der Waals surface area contributed by atoms with Crippen LogP contribution in [-0.4, -0.2) is 25.8 Å². The lowest BCUT2D eigenvalue weighted by molar-refractivity contribution is -0.114. The Kier molecular flexibility index (Phi) is 4.57. The molecule has 25 heavy (non-hydrogen) atoms. The molecule has 1 amide bonds. The fraction of sp³-hybridized carbons (Fsp3) is 0.200. The third-order valence-corrected chi connectivity index (χ3v) is 4.14. The van der Waals surface area contributed by atoms with Crippen molar-refractivity contribution < 1.29 is 14.3 Å². The molecule has 0 aromatic heterocycles. The summed E-state index contributed by atoms with van der Waals surface area (Å²) in [6.45, 7) is 3.80. The highest BCUT2D eigenvalue weighted by Crippen LogP contribution is 2.32. The minimum atomic E-state index is -0.141. The number of rotatable bonds is 4. The highest BCUT2D eigenvalue weighted by molar-refractivity contribution is 6.32. The van der Waals surface area contributed by atoms with Crippen molar-refractivity contribution in [1.29, 1.82) is 0 Å². The van der Waals surface area contributed by atoms with E-state index in [0.29, 0.717) is 22.8 Å². The van der Waals surface area contributed by atoms with Crippen molar-refractivity contribution in [3.63, 3.8) is 0 Å².